The molecule has 1 aromatic heterocycles. The van der Waals surface area contributed by atoms with Crippen molar-refractivity contribution in [2.75, 3.05) is 19.6 Å². The summed E-state index contributed by atoms with van der Waals surface area (Å²) in [5, 5.41) is 9.06. The highest BCUT2D eigenvalue weighted by atomic mass is 32.2. The molecule has 2 spiro atoms. The number of aromatic nitrogens is 1. The van der Waals surface area contributed by atoms with Gasteiger partial charge in [-0.15, -0.1) is 6.58 Å². The third-order valence-electron chi connectivity index (χ3n) is 15.3. The van der Waals surface area contributed by atoms with Crippen LogP contribution in [0.4, 0.5) is 0 Å². The summed E-state index contributed by atoms with van der Waals surface area (Å²) in [6.45, 7) is 14.9. The van der Waals surface area contributed by atoms with Crippen LogP contribution >= 0.6 is 0 Å². The predicted molar refractivity (Wildman–Crippen MR) is 217 cm³/mol. The molecular weight excluding hydrogens is 759 g/mol. The molecule has 3 heterocycles. The van der Waals surface area contributed by atoms with E-state index in [0.717, 1.165) is 56.9 Å². The third-order valence-corrected chi connectivity index (χ3v) is 16.8. The van der Waals surface area contributed by atoms with Crippen LogP contribution in [-0.4, -0.2) is 95.4 Å². The van der Waals surface area contributed by atoms with Gasteiger partial charge >= 0.3 is 10.2 Å². The van der Waals surface area contributed by atoms with Gasteiger partial charge < -0.3 is 20.9 Å². The molecule has 58 heavy (non-hydrogen) atoms. The van der Waals surface area contributed by atoms with Gasteiger partial charge in [-0.05, 0) is 91.2 Å². The van der Waals surface area contributed by atoms with Crippen LogP contribution in [0.5, 0.6) is 0 Å². The summed E-state index contributed by atoms with van der Waals surface area (Å²) in [5.41, 5.74) is -2.06. The molecule has 1 unspecified atom stereocenters. The molecule has 4 aliphatic carbocycles. The van der Waals surface area contributed by atoms with Crippen molar-refractivity contribution in [3.8, 4) is 0 Å². The first-order valence-electron chi connectivity index (χ1n) is 21.4. The van der Waals surface area contributed by atoms with Crippen LogP contribution in [0, 0.1) is 33.5 Å². The first-order chi connectivity index (χ1) is 27.3. The highest BCUT2D eigenvalue weighted by Gasteiger charge is 2.85. The van der Waals surface area contributed by atoms with Crippen LogP contribution in [0.1, 0.15) is 117 Å². The van der Waals surface area contributed by atoms with Crippen LogP contribution in [0.2, 0.25) is 0 Å². The Morgan fingerprint density at radius 1 is 0.931 bits per heavy atom. The van der Waals surface area contributed by atoms with Crippen molar-refractivity contribution in [2.24, 2.45) is 33.5 Å². The third kappa shape index (κ3) is 7.25. The van der Waals surface area contributed by atoms with Gasteiger partial charge in [-0.25, -0.2) is 4.72 Å². The Morgan fingerprint density at radius 3 is 2.14 bits per heavy atom. The molecule has 318 valence electrons. The Kier molecular flexibility index (Phi) is 11.2. The number of fused-ring (bicyclic) bond motifs is 1. The van der Waals surface area contributed by atoms with Crippen molar-refractivity contribution in [1.82, 2.24) is 34.9 Å². The zero-order chi connectivity index (χ0) is 41.9. The van der Waals surface area contributed by atoms with Crippen LogP contribution in [0.25, 0.3) is 0 Å². The molecule has 0 radical (unpaired) electrons. The van der Waals surface area contributed by atoms with E-state index in [9.17, 15) is 27.6 Å². The number of carbonyl (C=O) groups excluding carboxylic acids is 5. The molecule has 5 amide bonds. The summed E-state index contributed by atoms with van der Waals surface area (Å²) in [7, 11) is -4.11. The molecule has 15 heteroatoms. The van der Waals surface area contributed by atoms with E-state index in [1.165, 1.54) is 4.31 Å². The fourth-order valence-corrected chi connectivity index (χ4v) is 12.7. The Hall–Kier alpha value is -3.85. The van der Waals surface area contributed by atoms with E-state index in [1.54, 1.807) is 35.5 Å². The maximum atomic E-state index is 15.2. The number of likely N-dealkylation sites (tertiary alicyclic amines) is 1. The van der Waals surface area contributed by atoms with Gasteiger partial charge in [-0.3, -0.25) is 29.0 Å². The quantitative estimate of drug-likeness (QED) is 0.218. The first-order valence-corrected chi connectivity index (χ1v) is 22.8. The second-order valence-electron chi connectivity index (χ2n) is 19.7. The van der Waals surface area contributed by atoms with Gasteiger partial charge in [-0.2, -0.15) is 12.7 Å². The van der Waals surface area contributed by atoms with Gasteiger partial charge in [0, 0.05) is 43.4 Å². The Balaban J connectivity index is 1.15. The van der Waals surface area contributed by atoms with Crippen LogP contribution in [0.15, 0.2) is 37.2 Å². The lowest BCUT2D eigenvalue weighted by molar-refractivity contribution is -0.145. The highest BCUT2D eigenvalue weighted by molar-refractivity contribution is 7.87. The molecule has 1 aromatic rings. The van der Waals surface area contributed by atoms with Gasteiger partial charge in [0.15, 0.2) is 0 Å². The number of hydrogen-bond acceptors (Lipinski definition) is 8. The number of hydrogen-bond donors (Lipinski definition) is 4. The lowest BCUT2D eigenvalue weighted by Gasteiger charge is -2.38. The predicted octanol–water partition coefficient (Wildman–Crippen LogP) is 3.54. The topological polar surface area (TPSA) is 187 Å². The van der Waals surface area contributed by atoms with Gasteiger partial charge in [0.1, 0.15) is 23.7 Å². The fraction of sp³-hybridized carbons (Fsp3) is 0.721. The van der Waals surface area contributed by atoms with Crippen LogP contribution in [-0.2, 0) is 40.6 Å². The van der Waals surface area contributed by atoms with E-state index in [4.69, 9.17) is 0 Å². The number of nitrogens with zero attached hydrogens (tertiary/aromatic N) is 3. The number of rotatable bonds is 13. The van der Waals surface area contributed by atoms with Crippen molar-refractivity contribution in [1.29, 1.82) is 0 Å². The maximum absolute atomic E-state index is 15.2. The van der Waals surface area contributed by atoms with Crippen LogP contribution < -0.4 is 20.7 Å². The summed E-state index contributed by atoms with van der Waals surface area (Å²) in [6, 6.07) is 0.669. The zero-order valence-corrected chi connectivity index (χ0v) is 35.7. The lowest BCUT2D eigenvalue weighted by atomic mass is 9.73. The average molecular weight is 822 g/mol. The SMILES string of the molecule is C=C[C@@H]1C[C@]1(NC(=O)[C@@H]1C[C@@]2(CN1C(=O)[C@@H](NC(=O)C(NC(=O)Cc1ccncc1)C1CCCCC1)C(C)(C)C)C(C)(C)C21CCC1)C(=O)NS(=O)(=O)N1CCCC1. The van der Waals surface area contributed by atoms with Crippen molar-refractivity contribution in [3.05, 3.63) is 42.7 Å². The minimum absolute atomic E-state index is 0.0265. The van der Waals surface area contributed by atoms with Crippen molar-refractivity contribution < 1.29 is 32.4 Å². The monoisotopic (exact) mass is 821 g/mol. The zero-order valence-electron chi connectivity index (χ0n) is 34.9. The molecule has 6 aliphatic rings. The average Bonchev–Trinajstić information content (AvgIpc) is 3.62. The molecule has 0 bridgehead atoms. The molecule has 6 atom stereocenters. The van der Waals surface area contributed by atoms with Gasteiger partial charge in [0.05, 0.1) is 6.42 Å². The summed E-state index contributed by atoms with van der Waals surface area (Å²) in [4.78, 5) is 77.3. The standard InChI is InChI=1S/C43H63N7O7S/c1-7-30-25-43(30,38(55)48-58(56,57)49-22-11-12-23-49)47-35(52)31-26-42(40(5,6)41(42)18-13-19-41)27-50(31)37(54)34(39(2,3)4)46-36(53)33(29-14-9-8-10-15-29)45-32(51)24-28-16-20-44-21-17-28/h7,16-17,20-21,29-31,33-34H,1,8-15,18-19,22-27H2,2-6H3,(H,45,51)(H,46,53)(H,47,52)(H,48,55)/t30-,31+,33?,34-,42-,43-/m1/s1. The molecule has 6 fully saturated rings. The molecule has 4 saturated carbocycles. The smallest absolute Gasteiger partial charge is 0.303 e. The molecule has 2 aliphatic heterocycles. The number of amides is 5. The Morgan fingerprint density at radius 2 is 1.59 bits per heavy atom. The van der Waals surface area contributed by atoms with E-state index in [2.05, 4.69) is 46.1 Å². The molecule has 4 N–H and O–H groups in total. The van der Waals surface area contributed by atoms with E-state index in [1.807, 2.05) is 20.8 Å². The fourth-order valence-electron chi connectivity index (χ4n) is 11.4. The van der Waals surface area contributed by atoms with Crippen molar-refractivity contribution in [2.45, 2.75) is 142 Å². The van der Waals surface area contributed by atoms with Gasteiger partial charge in [-0.1, -0.05) is 66.4 Å². The second-order valence-corrected chi connectivity index (χ2v) is 21.3. The summed E-state index contributed by atoms with van der Waals surface area (Å²) in [6.07, 6.45) is 14.4. The van der Waals surface area contributed by atoms with E-state index in [0.29, 0.717) is 38.9 Å². The summed E-state index contributed by atoms with van der Waals surface area (Å²) < 4.78 is 29.8. The largest absolute Gasteiger partial charge is 0.344 e. The molecule has 0 aromatic carbocycles. The number of nitrogens with one attached hydrogen (secondary N) is 4. The minimum atomic E-state index is -4.11. The van der Waals surface area contributed by atoms with Gasteiger partial charge in [0.25, 0.3) is 5.91 Å². The minimum Gasteiger partial charge on any atom is -0.344 e. The normalized spacial score (nSPS) is 29.8. The maximum Gasteiger partial charge on any atom is 0.303 e. The summed E-state index contributed by atoms with van der Waals surface area (Å²) >= 11 is 0. The van der Waals surface area contributed by atoms with Crippen LogP contribution in [0.3, 0.4) is 0 Å². The van der Waals surface area contributed by atoms with Crippen molar-refractivity contribution in [3.63, 3.8) is 0 Å². The lowest BCUT2D eigenvalue weighted by Crippen LogP contribution is -2.62. The molecular formula is C43H63N7O7S. The summed E-state index contributed by atoms with van der Waals surface area (Å²) in [5.74, 6) is -3.05. The first kappa shape index (κ1) is 42.3. The number of pyridine rings is 1. The van der Waals surface area contributed by atoms with Crippen molar-refractivity contribution >= 4 is 39.7 Å². The molecule has 14 nitrogen and oxygen atoms in total. The number of carbonyl (C=O) groups is 5. The van der Waals surface area contributed by atoms with E-state index < -0.39 is 68.8 Å². The van der Waals surface area contributed by atoms with E-state index in [-0.39, 0.29) is 40.9 Å². The molecule has 2 saturated heterocycles. The highest BCUT2D eigenvalue weighted by Crippen LogP contribution is 2.88. The molecule has 7 rings (SSSR count). The van der Waals surface area contributed by atoms with E-state index >= 15 is 4.79 Å². The Labute approximate surface area is 343 Å². The van der Waals surface area contributed by atoms with Gasteiger partial charge in [0.2, 0.25) is 23.6 Å². The Bertz CT molecular complexity index is 1920. The second kappa shape index (κ2) is 15.3.